The molecular formula is C14H10Cl3N5O. The Hall–Kier alpha value is -2.02. The molecule has 3 N–H and O–H groups in total. The van der Waals surface area contributed by atoms with Crippen molar-refractivity contribution < 1.29 is 4.79 Å². The number of anilines is 1. The van der Waals surface area contributed by atoms with Crippen LogP contribution in [0.5, 0.6) is 0 Å². The van der Waals surface area contributed by atoms with Gasteiger partial charge in [0.2, 0.25) is 0 Å². The number of imidazole rings is 1. The maximum atomic E-state index is 11.9. The Kier molecular flexibility index (Phi) is 4.56. The zero-order valence-electron chi connectivity index (χ0n) is 11.5. The molecule has 0 atom stereocenters. The van der Waals surface area contributed by atoms with Gasteiger partial charge in [-0.25, -0.2) is 14.8 Å². The van der Waals surface area contributed by atoms with E-state index in [0.29, 0.717) is 32.4 Å². The van der Waals surface area contributed by atoms with Gasteiger partial charge in [-0.1, -0.05) is 34.8 Å². The first-order valence-electron chi connectivity index (χ1n) is 6.52. The van der Waals surface area contributed by atoms with Crippen molar-refractivity contribution in [3.8, 4) is 0 Å². The van der Waals surface area contributed by atoms with Gasteiger partial charge >= 0.3 is 6.03 Å². The number of amides is 2. The summed E-state index contributed by atoms with van der Waals surface area (Å²) in [6.45, 7) is 0.199. The van der Waals surface area contributed by atoms with Gasteiger partial charge in [0.1, 0.15) is 11.0 Å². The molecule has 118 valence electrons. The number of benzene rings is 1. The number of urea groups is 1. The Balaban J connectivity index is 1.63. The maximum Gasteiger partial charge on any atom is 0.319 e. The number of carbonyl (C=O) groups excluding carboxylic acids is 1. The Bertz CT molecular complexity index is 880. The number of nitrogens with one attached hydrogen (secondary N) is 3. The second-order valence-corrected chi connectivity index (χ2v) is 5.85. The molecule has 6 nitrogen and oxygen atoms in total. The third kappa shape index (κ3) is 3.85. The lowest BCUT2D eigenvalue weighted by Gasteiger charge is -2.08. The molecule has 0 aliphatic carbocycles. The summed E-state index contributed by atoms with van der Waals surface area (Å²) in [5, 5.41) is 6.51. The number of nitrogens with zero attached hydrogens (tertiary/aromatic N) is 2. The van der Waals surface area contributed by atoms with Crippen molar-refractivity contribution in [2.45, 2.75) is 6.54 Å². The minimum absolute atomic E-state index is 0.199. The Labute approximate surface area is 146 Å². The lowest BCUT2D eigenvalue weighted by atomic mass is 10.3. The highest BCUT2D eigenvalue weighted by Crippen LogP contribution is 2.25. The summed E-state index contributed by atoms with van der Waals surface area (Å²) in [4.78, 5) is 23.3. The monoisotopic (exact) mass is 369 g/mol. The number of hydrogen-bond acceptors (Lipinski definition) is 3. The van der Waals surface area contributed by atoms with E-state index in [2.05, 4.69) is 25.6 Å². The zero-order chi connectivity index (χ0) is 16.4. The highest BCUT2D eigenvalue weighted by atomic mass is 35.5. The SMILES string of the molecule is O=C(NCc1nc2nc(Cl)ccc2[nH]1)Nc1ccc(Cl)cc1Cl. The average Bonchev–Trinajstić information content (AvgIpc) is 2.90. The molecule has 2 amide bonds. The van der Waals surface area contributed by atoms with Gasteiger partial charge in [-0.05, 0) is 30.3 Å². The molecule has 0 bridgehead atoms. The van der Waals surface area contributed by atoms with Crippen molar-refractivity contribution >= 4 is 57.7 Å². The molecule has 0 unspecified atom stereocenters. The standard InChI is InChI=1S/C14H10Cl3N5O/c15-7-1-2-9(8(16)5-7)20-14(23)18-6-12-19-10-3-4-11(17)21-13(10)22-12/h1-5H,6H2,(H2,18,20,23)(H,19,21,22). The maximum absolute atomic E-state index is 11.9. The normalized spacial score (nSPS) is 10.7. The van der Waals surface area contributed by atoms with E-state index < -0.39 is 6.03 Å². The Morgan fingerprint density at radius 2 is 1.96 bits per heavy atom. The lowest BCUT2D eigenvalue weighted by Crippen LogP contribution is -2.28. The first-order chi connectivity index (χ1) is 11.0. The van der Waals surface area contributed by atoms with Crippen molar-refractivity contribution in [3.05, 3.63) is 51.4 Å². The molecule has 2 aromatic heterocycles. The van der Waals surface area contributed by atoms with Crippen molar-refractivity contribution in [1.29, 1.82) is 0 Å². The number of aromatic nitrogens is 3. The fraction of sp³-hybridized carbons (Fsp3) is 0.0714. The van der Waals surface area contributed by atoms with Gasteiger partial charge in [-0.3, -0.25) is 0 Å². The van der Waals surface area contributed by atoms with E-state index in [9.17, 15) is 4.79 Å². The van der Waals surface area contributed by atoms with E-state index in [0.717, 1.165) is 5.52 Å². The van der Waals surface area contributed by atoms with Gasteiger partial charge in [-0.15, -0.1) is 0 Å². The van der Waals surface area contributed by atoms with Crippen LogP contribution < -0.4 is 10.6 Å². The molecule has 1 aromatic carbocycles. The summed E-state index contributed by atoms with van der Waals surface area (Å²) in [7, 11) is 0. The molecule has 0 spiro atoms. The van der Waals surface area contributed by atoms with E-state index in [1.54, 1.807) is 30.3 Å². The first-order valence-corrected chi connectivity index (χ1v) is 7.66. The third-order valence-electron chi connectivity index (χ3n) is 2.96. The quantitative estimate of drug-likeness (QED) is 0.603. The summed E-state index contributed by atoms with van der Waals surface area (Å²) in [5.74, 6) is 0.562. The van der Waals surface area contributed by atoms with E-state index in [1.165, 1.54) is 0 Å². The van der Waals surface area contributed by atoms with Crippen LogP contribution in [0.15, 0.2) is 30.3 Å². The average molecular weight is 371 g/mol. The lowest BCUT2D eigenvalue weighted by molar-refractivity contribution is 0.251. The largest absolute Gasteiger partial charge is 0.339 e. The van der Waals surface area contributed by atoms with Gasteiger partial charge in [-0.2, -0.15) is 0 Å². The van der Waals surface area contributed by atoms with Gasteiger partial charge < -0.3 is 15.6 Å². The second kappa shape index (κ2) is 6.62. The third-order valence-corrected chi connectivity index (χ3v) is 3.71. The minimum Gasteiger partial charge on any atom is -0.339 e. The number of H-pyrrole nitrogens is 1. The fourth-order valence-corrected chi connectivity index (χ4v) is 2.52. The topological polar surface area (TPSA) is 82.7 Å². The molecule has 2 heterocycles. The van der Waals surface area contributed by atoms with Crippen LogP contribution >= 0.6 is 34.8 Å². The van der Waals surface area contributed by atoms with Crippen LogP contribution in [0.4, 0.5) is 10.5 Å². The van der Waals surface area contributed by atoms with E-state index in [4.69, 9.17) is 34.8 Å². The van der Waals surface area contributed by atoms with Crippen molar-refractivity contribution in [3.63, 3.8) is 0 Å². The van der Waals surface area contributed by atoms with Crippen LogP contribution in [0.1, 0.15) is 5.82 Å². The van der Waals surface area contributed by atoms with E-state index in [1.807, 2.05) is 0 Å². The van der Waals surface area contributed by atoms with Crippen LogP contribution in [0.25, 0.3) is 11.2 Å². The molecule has 0 radical (unpaired) electrons. The molecule has 0 aliphatic heterocycles. The van der Waals surface area contributed by atoms with Crippen molar-refractivity contribution in [2.24, 2.45) is 0 Å². The minimum atomic E-state index is -0.416. The molecule has 0 saturated heterocycles. The summed E-state index contributed by atoms with van der Waals surface area (Å²) in [5.41, 5.74) is 1.70. The van der Waals surface area contributed by atoms with Crippen molar-refractivity contribution in [1.82, 2.24) is 20.3 Å². The number of carbonyl (C=O) groups is 1. The fourth-order valence-electron chi connectivity index (χ4n) is 1.92. The predicted octanol–water partition coefficient (Wildman–Crippen LogP) is 4.24. The van der Waals surface area contributed by atoms with E-state index >= 15 is 0 Å². The highest BCUT2D eigenvalue weighted by Gasteiger charge is 2.08. The number of rotatable bonds is 3. The second-order valence-electron chi connectivity index (χ2n) is 4.62. The molecule has 0 aliphatic rings. The summed E-state index contributed by atoms with van der Waals surface area (Å²) in [6.07, 6.45) is 0. The first kappa shape index (κ1) is 15.9. The van der Waals surface area contributed by atoms with Crippen LogP contribution in [0, 0.1) is 0 Å². The molecule has 0 fully saturated rings. The summed E-state index contributed by atoms with van der Waals surface area (Å²) in [6, 6.07) is 7.83. The summed E-state index contributed by atoms with van der Waals surface area (Å²) < 4.78 is 0. The number of aromatic amines is 1. The van der Waals surface area contributed by atoms with Crippen LogP contribution in [0.3, 0.4) is 0 Å². The number of halogens is 3. The number of fused-ring (bicyclic) bond motifs is 1. The number of pyridine rings is 1. The molecule has 23 heavy (non-hydrogen) atoms. The highest BCUT2D eigenvalue weighted by molar-refractivity contribution is 6.36. The van der Waals surface area contributed by atoms with Gasteiger partial charge in [0.15, 0.2) is 5.65 Å². The van der Waals surface area contributed by atoms with E-state index in [-0.39, 0.29) is 6.54 Å². The molecule has 3 aromatic rings. The van der Waals surface area contributed by atoms with Crippen LogP contribution in [0.2, 0.25) is 15.2 Å². The zero-order valence-corrected chi connectivity index (χ0v) is 13.8. The Morgan fingerprint density at radius 1 is 1.13 bits per heavy atom. The molecule has 3 rings (SSSR count). The smallest absolute Gasteiger partial charge is 0.319 e. The summed E-state index contributed by atoms with van der Waals surface area (Å²) >= 11 is 17.6. The van der Waals surface area contributed by atoms with Gasteiger partial charge in [0.05, 0.1) is 22.8 Å². The van der Waals surface area contributed by atoms with Gasteiger partial charge in [0.25, 0.3) is 0 Å². The predicted molar refractivity (Wildman–Crippen MR) is 91.2 cm³/mol. The molecule has 9 heteroatoms. The van der Waals surface area contributed by atoms with Crippen LogP contribution in [-0.4, -0.2) is 21.0 Å². The van der Waals surface area contributed by atoms with Gasteiger partial charge in [0, 0.05) is 5.02 Å². The number of hydrogen-bond donors (Lipinski definition) is 3. The van der Waals surface area contributed by atoms with Crippen molar-refractivity contribution in [2.75, 3.05) is 5.32 Å². The Morgan fingerprint density at radius 3 is 2.74 bits per heavy atom. The molecular weight excluding hydrogens is 361 g/mol. The van der Waals surface area contributed by atoms with Crippen LogP contribution in [-0.2, 0) is 6.54 Å². The molecule has 0 saturated carbocycles.